The molecule has 0 spiro atoms. The lowest BCUT2D eigenvalue weighted by Gasteiger charge is -2.11. The van der Waals surface area contributed by atoms with Crippen LogP contribution in [0.2, 0.25) is 5.02 Å². The number of hydrogen-bond donors (Lipinski definition) is 1. The first-order chi connectivity index (χ1) is 12.1. The van der Waals surface area contributed by atoms with E-state index in [1.54, 1.807) is 22.7 Å². The van der Waals surface area contributed by atoms with Gasteiger partial charge in [0.25, 0.3) is 5.91 Å². The highest BCUT2D eigenvalue weighted by molar-refractivity contribution is 6.34. The molecule has 7 heteroatoms. The molecule has 0 bridgehead atoms. The lowest BCUT2D eigenvalue weighted by atomic mass is 10.2. The van der Waals surface area contributed by atoms with Crippen LogP contribution in [0.1, 0.15) is 22.5 Å². The first-order valence-corrected chi connectivity index (χ1v) is 8.34. The van der Waals surface area contributed by atoms with Gasteiger partial charge in [0.15, 0.2) is 11.5 Å². The van der Waals surface area contributed by atoms with E-state index in [0.29, 0.717) is 41.1 Å². The number of aromatic nitrogens is 2. The Balaban J connectivity index is 1.62. The number of ether oxygens (including phenoxy) is 2. The van der Waals surface area contributed by atoms with Gasteiger partial charge in [0.05, 0.1) is 23.9 Å². The fraction of sp³-hybridized carbons (Fsp3) is 0.222. The Bertz CT molecular complexity index is 968. The number of carbonyl (C=O) groups excluding carboxylic acids is 1. The Labute approximate surface area is 149 Å². The molecule has 25 heavy (non-hydrogen) atoms. The van der Waals surface area contributed by atoms with Crippen molar-refractivity contribution in [1.29, 1.82) is 0 Å². The predicted molar refractivity (Wildman–Crippen MR) is 94.9 cm³/mol. The molecule has 1 N–H and O–H groups in total. The van der Waals surface area contributed by atoms with E-state index in [4.69, 9.17) is 21.1 Å². The quantitative estimate of drug-likeness (QED) is 0.759. The van der Waals surface area contributed by atoms with Crippen LogP contribution >= 0.6 is 11.6 Å². The van der Waals surface area contributed by atoms with E-state index in [1.165, 1.54) is 0 Å². The van der Waals surface area contributed by atoms with Crippen molar-refractivity contribution in [3.8, 4) is 11.5 Å². The lowest BCUT2D eigenvalue weighted by Crippen LogP contribution is -2.12. The number of pyridine rings is 1. The molecule has 0 saturated carbocycles. The van der Waals surface area contributed by atoms with Crippen LogP contribution < -0.4 is 14.8 Å². The Morgan fingerprint density at radius 1 is 1.24 bits per heavy atom. The molecule has 0 fully saturated rings. The minimum atomic E-state index is -0.335. The van der Waals surface area contributed by atoms with Crippen LogP contribution in [0.5, 0.6) is 11.5 Å². The molecule has 2 aromatic heterocycles. The van der Waals surface area contributed by atoms with E-state index in [1.807, 2.05) is 25.3 Å². The Hall–Kier alpha value is -2.73. The van der Waals surface area contributed by atoms with Crippen LogP contribution in [0.3, 0.4) is 0 Å². The van der Waals surface area contributed by atoms with Gasteiger partial charge >= 0.3 is 0 Å². The highest BCUT2D eigenvalue weighted by Crippen LogP contribution is 2.37. The molecule has 4 rings (SSSR count). The fourth-order valence-electron chi connectivity index (χ4n) is 2.66. The van der Waals surface area contributed by atoms with Gasteiger partial charge in [-0.3, -0.25) is 4.79 Å². The number of halogens is 1. The van der Waals surface area contributed by atoms with E-state index in [0.717, 1.165) is 17.6 Å². The minimum Gasteiger partial charge on any atom is -0.490 e. The highest BCUT2D eigenvalue weighted by atomic mass is 35.5. The SMILES string of the molecule is Cc1ccn2cc(C(=O)Nc3cc4c(cc3Cl)OCCCO4)nc2c1. The molecule has 0 saturated heterocycles. The maximum atomic E-state index is 12.5. The molecule has 1 aliphatic rings. The summed E-state index contributed by atoms with van der Waals surface area (Å²) in [4.78, 5) is 16.9. The molecule has 3 aromatic rings. The molecule has 128 valence electrons. The normalized spacial score (nSPS) is 13.5. The third-order valence-electron chi connectivity index (χ3n) is 3.93. The number of rotatable bonds is 2. The van der Waals surface area contributed by atoms with Gasteiger partial charge in [-0.2, -0.15) is 0 Å². The highest BCUT2D eigenvalue weighted by Gasteiger charge is 2.17. The monoisotopic (exact) mass is 357 g/mol. The van der Waals surface area contributed by atoms with Crippen LogP contribution in [0.15, 0.2) is 36.7 Å². The third-order valence-corrected chi connectivity index (χ3v) is 4.25. The topological polar surface area (TPSA) is 64.9 Å². The number of hydrogen-bond acceptors (Lipinski definition) is 4. The molecule has 6 nitrogen and oxygen atoms in total. The predicted octanol–water partition coefficient (Wildman–Crippen LogP) is 3.71. The summed E-state index contributed by atoms with van der Waals surface area (Å²) in [7, 11) is 0. The summed E-state index contributed by atoms with van der Waals surface area (Å²) in [5.74, 6) is 0.823. The summed E-state index contributed by atoms with van der Waals surface area (Å²) >= 11 is 6.27. The molecule has 0 aliphatic carbocycles. The maximum absolute atomic E-state index is 12.5. The Morgan fingerprint density at radius 3 is 2.80 bits per heavy atom. The van der Waals surface area contributed by atoms with Gasteiger partial charge in [0.2, 0.25) is 0 Å². The number of aryl methyl sites for hydroxylation is 1. The van der Waals surface area contributed by atoms with Crippen molar-refractivity contribution in [3.05, 3.63) is 52.9 Å². The van der Waals surface area contributed by atoms with Crippen LogP contribution in [0, 0.1) is 6.92 Å². The zero-order valence-electron chi connectivity index (χ0n) is 13.6. The molecule has 1 aliphatic heterocycles. The average Bonchev–Trinajstić information content (AvgIpc) is 2.88. The molecule has 0 atom stereocenters. The van der Waals surface area contributed by atoms with E-state index in [-0.39, 0.29) is 5.91 Å². The average molecular weight is 358 g/mol. The van der Waals surface area contributed by atoms with Crippen LogP contribution in [0.4, 0.5) is 5.69 Å². The van der Waals surface area contributed by atoms with Crippen LogP contribution in [-0.2, 0) is 0 Å². The Morgan fingerprint density at radius 2 is 2.00 bits per heavy atom. The van der Waals surface area contributed by atoms with Crippen LogP contribution in [0.25, 0.3) is 5.65 Å². The second kappa shape index (κ2) is 6.29. The van der Waals surface area contributed by atoms with E-state index < -0.39 is 0 Å². The zero-order chi connectivity index (χ0) is 17.4. The van der Waals surface area contributed by atoms with Gasteiger partial charge < -0.3 is 19.2 Å². The summed E-state index contributed by atoms with van der Waals surface area (Å²) in [6.45, 7) is 3.12. The van der Waals surface area contributed by atoms with Crippen molar-refractivity contribution in [2.45, 2.75) is 13.3 Å². The van der Waals surface area contributed by atoms with Crippen molar-refractivity contribution < 1.29 is 14.3 Å². The number of fused-ring (bicyclic) bond motifs is 2. The molecular formula is C18H16ClN3O3. The van der Waals surface area contributed by atoms with Crippen molar-refractivity contribution in [3.63, 3.8) is 0 Å². The van der Waals surface area contributed by atoms with Gasteiger partial charge in [-0.1, -0.05) is 11.6 Å². The second-order valence-corrected chi connectivity index (χ2v) is 6.29. The number of nitrogens with zero attached hydrogens (tertiary/aromatic N) is 2. The summed E-state index contributed by atoms with van der Waals surface area (Å²) in [6, 6.07) is 7.21. The van der Waals surface area contributed by atoms with Gasteiger partial charge in [-0.15, -0.1) is 0 Å². The first kappa shape index (κ1) is 15.8. The van der Waals surface area contributed by atoms with Crippen molar-refractivity contribution in [2.24, 2.45) is 0 Å². The molecule has 3 heterocycles. The van der Waals surface area contributed by atoms with Crippen molar-refractivity contribution in [2.75, 3.05) is 18.5 Å². The smallest absolute Gasteiger partial charge is 0.275 e. The van der Waals surface area contributed by atoms with E-state index in [9.17, 15) is 4.79 Å². The second-order valence-electron chi connectivity index (χ2n) is 5.88. The molecule has 0 unspecified atom stereocenters. The third kappa shape index (κ3) is 3.13. The molecule has 1 aromatic carbocycles. The number of benzene rings is 1. The number of nitrogens with one attached hydrogen (secondary N) is 1. The summed E-state index contributed by atoms with van der Waals surface area (Å²) in [5.41, 5.74) is 2.57. The van der Waals surface area contributed by atoms with Crippen molar-refractivity contribution in [1.82, 2.24) is 9.38 Å². The van der Waals surface area contributed by atoms with Gasteiger partial charge in [0, 0.05) is 30.9 Å². The summed E-state index contributed by atoms with van der Waals surface area (Å²) in [6.07, 6.45) is 4.35. The van der Waals surface area contributed by atoms with E-state index >= 15 is 0 Å². The van der Waals surface area contributed by atoms with Crippen molar-refractivity contribution >= 4 is 28.8 Å². The summed E-state index contributed by atoms with van der Waals surface area (Å²) in [5, 5.41) is 3.18. The standard InChI is InChI=1S/C18H16ClN3O3/c1-11-3-4-22-10-14(20-17(22)7-11)18(23)21-13-9-16-15(8-12(13)19)24-5-2-6-25-16/h3-4,7-10H,2,5-6H2,1H3,(H,21,23). The molecular weight excluding hydrogens is 342 g/mol. The minimum absolute atomic E-state index is 0.314. The summed E-state index contributed by atoms with van der Waals surface area (Å²) < 4.78 is 13.0. The van der Waals surface area contributed by atoms with Gasteiger partial charge in [-0.25, -0.2) is 4.98 Å². The largest absolute Gasteiger partial charge is 0.490 e. The number of carbonyl (C=O) groups is 1. The maximum Gasteiger partial charge on any atom is 0.275 e. The first-order valence-electron chi connectivity index (χ1n) is 7.96. The van der Waals surface area contributed by atoms with Gasteiger partial charge in [0.1, 0.15) is 11.3 Å². The number of anilines is 1. The van der Waals surface area contributed by atoms with E-state index in [2.05, 4.69) is 10.3 Å². The lowest BCUT2D eigenvalue weighted by molar-refractivity contribution is 0.102. The number of imidazole rings is 1. The number of amides is 1. The fourth-order valence-corrected chi connectivity index (χ4v) is 2.86. The van der Waals surface area contributed by atoms with Gasteiger partial charge in [-0.05, 0) is 24.6 Å². The molecule has 1 amide bonds. The zero-order valence-corrected chi connectivity index (χ0v) is 14.3. The Kier molecular flexibility index (Phi) is 3.97. The van der Waals surface area contributed by atoms with Crippen LogP contribution in [-0.4, -0.2) is 28.5 Å². The molecule has 0 radical (unpaired) electrons.